The number of hydrogen-bond donors (Lipinski definition) is 2. The highest BCUT2D eigenvalue weighted by Crippen LogP contribution is 2.32. The van der Waals surface area contributed by atoms with E-state index in [4.69, 9.17) is 0 Å². The van der Waals surface area contributed by atoms with E-state index in [2.05, 4.69) is 20.5 Å². The van der Waals surface area contributed by atoms with E-state index in [1.165, 1.54) is 0 Å². The average Bonchev–Trinajstić information content (AvgIpc) is 3.08. The van der Waals surface area contributed by atoms with Crippen LogP contribution in [0, 0.1) is 5.92 Å². The molecule has 0 saturated heterocycles. The predicted octanol–water partition coefficient (Wildman–Crippen LogP) is 1.24. The maximum atomic E-state index is 12.8. The zero-order valence-electron chi connectivity index (χ0n) is 13.6. The van der Waals surface area contributed by atoms with E-state index in [-0.39, 0.29) is 24.0 Å². The third-order valence-corrected chi connectivity index (χ3v) is 4.81. The van der Waals surface area contributed by atoms with E-state index in [1.54, 1.807) is 35.3 Å². The fraction of sp³-hybridized carbons (Fsp3) is 0.333. The lowest BCUT2D eigenvalue weighted by molar-refractivity contribution is 0.0239. The summed E-state index contributed by atoms with van der Waals surface area (Å²) >= 11 is 0. The van der Waals surface area contributed by atoms with Crippen molar-refractivity contribution in [3.8, 4) is 0 Å². The molecule has 25 heavy (non-hydrogen) atoms. The highest BCUT2D eigenvalue weighted by molar-refractivity contribution is 5.99. The molecule has 4 rings (SSSR count). The van der Waals surface area contributed by atoms with Gasteiger partial charge >= 0.3 is 0 Å². The minimum Gasteiger partial charge on any atom is -0.393 e. The normalized spacial score (nSPS) is 20.8. The van der Waals surface area contributed by atoms with E-state index in [9.17, 15) is 9.90 Å². The Labute approximate surface area is 144 Å². The van der Waals surface area contributed by atoms with Crippen LogP contribution >= 0.6 is 0 Å². The molecule has 3 heterocycles. The van der Waals surface area contributed by atoms with Crippen LogP contribution in [0.2, 0.25) is 0 Å². The van der Waals surface area contributed by atoms with Crippen molar-refractivity contribution < 1.29 is 9.90 Å². The molecule has 1 atom stereocenters. The molecule has 7 heteroatoms. The zero-order chi connectivity index (χ0) is 17.2. The van der Waals surface area contributed by atoms with Crippen molar-refractivity contribution >= 4 is 11.6 Å². The van der Waals surface area contributed by atoms with Gasteiger partial charge in [-0.3, -0.25) is 14.2 Å². The van der Waals surface area contributed by atoms with Gasteiger partial charge in [-0.25, -0.2) is 0 Å². The molecule has 1 unspecified atom stereocenters. The van der Waals surface area contributed by atoms with Gasteiger partial charge in [0, 0.05) is 24.6 Å². The summed E-state index contributed by atoms with van der Waals surface area (Å²) in [5.41, 5.74) is 2.15. The summed E-state index contributed by atoms with van der Waals surface area (Å²) in [6.07, 6.45) is 8.76. The minimum atomic E-state index is -0.262. The number of carbonyl (C=O) groups is 1. The van der Waals surface area contributed by atoms with Gasteiger partial charge in [-0.2, -0.15) is 0 Å². The van der Waals surface area contributed by atoms with Gasteiger partial charge in [0.15, 0.2) is 5.65 Å². The maximum absolute atomic E-state index is 12.8. The largest absolute Gasteiger partial charge is 0.393 e. The lowest BCUT2D eigenvalue weighted by Crippen LogP contribution is -2.48. The fourth-order valence-electron chi connectivity index (χ4n) is 3.34. The topological polar surface area (TPSA) is 92.4 Å². The number of nitrogens with zero attached hydrogens (tertiary/aromatic N) is 4. The van der Waals surface area contributed by atoms with Gasteiger partial charge in [-0.1, -0.05) is 0 Å². The lowest BCUT2D eigenvalue weighted by Gasteiger charge is -2.38. The summed E-state index contributed by atoms with van der Waals surface area (Å²) in [7, 11) is 0. The Morgan fingerprint density at radius 1 is 1.32 bits per heavy atom. The number of pyridine rings is 2. The van der Waals surface area contributed by atoms with Crippen LogP contribution in [0.15, 0.2) is 49.2 Å². The molecule has 1 amide bonds. The van der Waals surface area contributed by atoms with Crippen LogP contribution in [0.1, 0.15) is 28.8 Å². The molecule has 2 N–H and O–H groups in total. The SMILES string of the molecule is O=C(NC(Cc1ccncc1)C1CC(O)C1)c1cccn2cnnc12. The van der Waals surface area contributed by atoms with E-state index in [1.807, 2.05) is 18.3 Å². The second kappa shape index (κ2) is 6.60. The van der Waals surface area contributed by atoms with Crippen molar-refractivity contribution in [3.63, 3.8) is 0 Å². The monoisotopic (exact) mass is 337 g/mol. The van der Waals surface area contributed by atoms with Gasteiger partial charge in [0.25, 0.3) is 5.91 Å². The van der Waals surface area contributed by atoms with Gasteiger partial charge in [0.1, 0.15) is 6.33 Å². The van der Waals surface area contributed by atoms with E-state index >= 15 is 0 Å². The minimum absolute atomic E-state index is 0.0403. The van der Waals surface area contributed by atoms with Crippen LogP contribution in [0.25, 0.3) is 5.65 Å². The summed E-state index contributed by atoms with van der Waals surface area (Å²) in [6, 6.07) is 7.41. The Balaban J connectivity index is 1.55. The van der Waals surface area contributed by atoms with Gasteiger partial charge in [0.2, 0.25) is 0 Å². The first kappa shape index (κ1) is 15.7. The van der Waals surface area contributed by atoms with Gasteiger partial charge in [0.05, 0.1) is 11.7 Å². The molecule has 1 fully saturated rings. The molecular formula is C18H19N5O2. The number of amides is 1. The summed E-state index contributed by atoms with van der Waals surface area (Å²) in [6.45, 7) is 0. The molecule has 7 nitrogen and oxygen atoms in total. The Kier molecular flexibility index (Phi) is 4.15. The molecule has 0 spiro atoms. The third kappa shape index (κ3) is 3.23. The zero-order valence-corrected chi connectivity index (χ0v) is 13.6. The van der Waals surface area contributed by atoms with Gasteiger partial charge in [-0.15, -0.1) is 10.2 Å². The number of rotatable bonds is 5. The van der Waals surface area contributed by atoms with Crippen molar-refractivity contribution in [2.75, 3.05) is 0 Å². The molecular weight excluding hydrogens is 318 g/mol. The number of carbonyl (C=O) groups excluding carboxylic acids is 1. The standard InChI is InChI=1S/C18H19N5O2/c24-14-9-13(10-14)16(8-12-3-5-19-6-4-12)21-18(25)15-2-1-7-23-11-20-22-17(15)23/h1-7,11,13-14,16,24H,8-10H2,(H,21,25). The molecule has 3 aromatic rings. The quantitative estimate of drug-likeness (QED) is 0.731. The summed E-state index contributed by atoms with van der Waals surface area (Å²) < 4.78 is 1.72. The Morgan fingerprint density at radius 2 is 2.12 bits per heavy atom. The Morgan fingerprint density at radius 3 is 2.88 bits per heavy atom. The maximum Gasteiger partial charge on any atom is 0.255 e. The number of aromatic nitrogens is 4. The lowest BCUT2D eigenvalue weighted by atomic mass is 9.75. The van der Waals surface area contributed by atoms with Gasteiger partial charge in [-0.05, 0) is 55.0 Å². The second-order valence-electron chi connectivity index (χ2n) is 6.51. The van der Waals surface area contributed by atoms with Crippen LogP contribution in [-0.2, 0) is 6.42 Å². The molecule has 1 aliphatic rings. The molecule has 0 aromatic carbocycles. The van der Waals surface area contributed by atoms with E-state index in [0.29, 0.717) is 30.5 Å². The number of aliphatic hydroxyl groups excluding tert-OH is 1. The number of nitrogens with one attached hydrogen (secondary N) is 1. The van der Waals surface area contributed by atoms with Crippen LogP contribution in [0.5, 0.6) is 0 Å². The van der Waals surface area contributed by atoms with Crippen LogP contribution in [0.4, 0.5) is 0 Å². The van der Waals surface area contributed by atoms with Crippen LogP contribution in [0.3, 0.4) is 0 Å². The van der Waals surface area contributed by atoms with Gasteiger partial charge < -0.3 is 10.4 Å². The first-order valence-corrected chi connectivity index (χ1v) is 8.37. The summed E-state index contributed by atoms with van der Waals surface area (Å²) in [5.74, 6) is 0.101. The summed E-state index contributed by atoms with van der Waals surface area (Å²) in [4.78, 5) is 16.9. The van der Waals surface area contributed by atoms with Crippen LogP contribution in [-0.4, -0.2) is 42.7 Å². The summed E-state index contributed by atoms with van der Waals surface area (Å²) in [5, 5.41) is 20.7. The molecule has 1 aliphatic carbocycles. The molecule has 1 saturated carbocycles. The molecule has 3 aromatic heterocycles. The smallest absolute Gasteiger partial charge is 0.255 e. The second-order valence-corrected chi connectivity index (χ2v) is 6.51. The van der Waals surface area contributed by atoms with E-state index < -0.39 is 0 Å². The first-order chi connectivity index (χ1) is 12.2. The highest BCUT2D eigenvalue weighted by atomic mass is 16.3. The average molecular weight is 337 g/mol. The van der Waals surface area contributed by atoms with Crippen molar-refractivity contribution in [2.24, 2.45) is 5.92 Å². The first-order valence-electron chi connectivity index (χ1n) is 8.37. The van der Waals surface area contributed by atoms with Crippen molar-refractivity contribution in [1.82, 2.24) is 24.9 Å². The third-order valence-electron chi connectivity index (χ3n) is 4.81. The fourth-order valence-corrected chi connectivity index (χ4v) is 3.34. The van der Waals surface area contributed by atoms with Crippen LogP contribution < -0.4 is 5.32 Å². The molecule has 0 aliphatic heterocycles. The molecule has 0 bridgehead atoms. The molecule has 0 radical (unpaired) electrons. The van der Waals surface area contributed by atoms with Crippen molar-refractivity contribution in [2.45, 2.75) is 31.4 Å². The van der Waals surface area contributed by atoms with E-state index in [0.717, 1.165) is 5.56 Å². The van der Waals surface area contributed by atoms with Crippen molar-refractivity contribution in [3.05, 3.63) is 60.3 Å². The number of fused-ring (bicyclic) bond motifs is 1. The predicted molar refractivity (Wildman–Crippen MR) is 90.9 cm³/mol. The Hall–Kier alpha value is -2.80. The number of hydrogen-bond acceptors (Lipinski definition) is 5. The van der Waals surface area contributed by atoms with Crippen molar-refractivity contribution in [1.29, 1.82) is 0 Å². The molecule has 128 valence electrons. The number of aliphatic hydroxyl groups is 1. The highest BCUT2D eigenvalue weighted by Gasteiger charge is 2.35. The Bertz CT molecular complexity index is 873.